The molecule has 0 spiro atoms. The third-order valence-corrected chi connectivity index (χ3v) is 2.87. The molecule has 5 heteroatoms. The number of rotatable bonds is 2. The summed E-state index contributed by atoms with van der Waals surface area (Å²) in [5.74, 6) is -0.247. The minimum absolute atomic E-state index is 0.0458. The van der Waals surface area contributed by atoms with Crippen LogP contribution in [0.2, 0.25) is 10.0 Å². The van der Waals surface area contributed by atoms with Crippen molar-refractivity contribution in [2.24, 2.45) is 0 Å². The largest absolute Gasteiger partial charge is 0.508 e. The number of phenols is 1. The van der Waals surface area contributed by atoms with Gasteiger partial charge in [0.1, 0.15) is 5.75 Å². The minimum Gasteiger partial charge on any atom is -0.508 e. The zero-order valence-corrected chi connectivity index (χ0v) is 10.7. The molecule has 2 rings (SSSR count). The van der Waals surface area contributed by atoms with Gasteiger partial charge in [0.25, 0.3) is 5.91 Å². The number of hydrogen-bond acceptors (Lipinski definition) is 2. The molecule has 0 aliphatic heterocycles. The monoisotopic (exact) mass is 281 g/mol. The van der Waals surface area contributed by atoms with Gasteiger partial charge in [0.15, 0.2) is 0 Å². The fourth-order valence-electron chi connectivity index (χ4n) is 1.40. The number of nitrogens with one attached hydrogen (secondary N) is 1. The summed E-state index contributed by atoms with van der Waals surface area (Å²) in [5, 5.41) is 12.7. The van der Waals surface area contributed by atoms with Crippen LogP contribution < -0.4 is 5.32 Å². The van der Waals surface area contributed by atoms with E-state index in [2.05, 4.69) is 5.32 Å². The van der Waals surface area contributed by atoms with Gasteiger partial charge in [-0.05, 0) is 36.4 Å². The van der Waals surface area contributed by atoms with Crippen molar-refractivity contribution < 1.29 is 9.90 Å². The molecule has 2 aromatic rings. The van der Waals surface area contributed by atoms with Gasteiger partial charge in [-0.1, -0.05) is 23.2 Å². The van der Waals surface area contributed by atoms with Crippen molar-refractivity contribution in [3.05, 3.63) is 58.1 Å². The van der Waals surface area contributed by atoms with Gasteiger partial charge in [-0.3, -0.25) is 4.79 Å². The lowest BCUT2D eigenvalue weighted by Crippen LogP contribution is -2.11. The quantitative estimate of drug-likeness (QED) is 0.819. The van der Waals surface area contributed by atoms with E-state index >= 15 is 0 Å². The maximum Gasteiger partial charge on any atom is 0.255 e. The summed E-state index contributed by atoms with van der Waals surface area (Å²) in [7, 11) is 0. The Morgan fingerprint density at radius 1 is 1.06 bits per heavy atom. The predicted molar refractivity (Wildman–Crippen MR) is 72.5 cm³/mol. The number of hydrogen-bond donors (Lipinski definition) is 2. The van der Waals surface area contributed by atoms with E-state index in [1.165, 1.54) is 18.2 Å². The molecule has 0 saturated carbocycles. The van der Waals surface area contributed by atoms with Crippen LogP contribution in [-0.2, 0) is 0 Å². The van der Waals surface area contributed by atoms with E-state index < -0.39 is 0 Å². The minimum atomic E-state index is -0.292. The highest BCUT2D eigenvalue weighted by atomic mass is 35.5. The molecular weight excluding hydrogens is 273 g/mol. The molecule has 1 amide bonds. The fourth-order valence-corrected chi connectivity index (χ4v) is 1.75. The summed E-state index contributed by atoms with van der Waals surface area (Å²) in [5.41, 5.74) is 0.915. The first-order valence-electron chi connectivity index (χ1n) is 5.12. The molecule has 0 fully saturated rings. The molecule has 0 atom stereocenters. The molecule has 0 aromatic heterocycles. The van der Waals surface area contributed by atoms with Crippen LogP contribution in [-0.4, -0.2) is 11.0 Å². The number of carbonyl (C=O) groups is 1. The normalized spacial score (nSPS) is 10.1. The maximum atomic E-state index is 11.9. The Hall–Kier alpha value is -1.71. The van der Waals surface area contributed by atoms with Gasteiger partial charge in [-0.15, -0.1) is 0 Å². The van der Waals surface area contributed by atoms with E-state index in [0.29, 0.717) is 16.3 Å². The smallest absolute Gasteiger partial charge is 0.255 e. The molecule has 92 valence electrons. The lowest BCUT2D eigenvalue weighted by molar-refractivity contribution is 0.102. The van der Waals surface area contributed by atoms with Gasteiger partial charge in [0.05, 0.1) is 10.7 Å². The molecular formula is C13H9Cl2NO2. The molecule has 3 nitrogen and oxygen atoms in total. The fraction of sp³-hybridized carbons (Fsp3) is 0. The van der Waals surface area contributed by atoms with Crippen LogP contribution in [0.3, 0.4) is 0 Å². The molecule has 18 heavy (non-hydrogen) atoms. The van der Waals surface area contributed by atoms with Crippen molar-refractivity contribution in [3.8, 4) is 5.75 Å². The van der Waals surface area contributed by atoms with Crippen LogP contribution >= 0.6 is 23.2 Å². The Kier molecular flexibility index (Phi) is 3.75. The van der Waals surface area contributed by atoms with E-state index in [0.717, 1.165) is 0 Å². The zero-order valence-electron chi connectivity index (χ0n) is 9.15. The summed E-state index contributed by atoms with van der Waals surface area (Å²) in [4.78, 5) is 11.9. The van der Waals surface area contributed by atoms with Crippen molar-refractivity contribution in [1.29, 1.82) is 0 Å². The van der Waals surface area contributed by atoms with E-state index in [-0.39, 0.29) is 16.7 Å². The summed E-state index contributed by atoms with van der Waals surface area (Å²) in [6, 6.07) is 10.8. The third-order valence-electron chi connectivity index (χ3n) is 2.31. The van der Waals surface area contributed by atoms with Crippen molar-refractivity contribution in [1.82, 2.24) is 0 Å². The van der Waals surface area contributed by atoms with Gasteiger partial charge < -0.3 is 10.4 Å². The number of phenolic OH excluding ortho intramolecular Hbond substituents is 1. The summed E-state index contributed by atoms with van der Waals surface area (Å²) in [6.07, 6.45) is 0. The molecule has 0 bridgehead atoms. The first-order chi connectivity index (χ1) is 8.56. The van der Waals surface area contributed by atoms with Gasteiger partial charge in [-0.25, -0.2) is 0 Å². The lowest BCUT2D eigenvalue weighted by atomic mass is 10.2. The van der Waals surface area contributed by atoms with Gasteiger partial charge in [-0.2, -0.15) is 0 Å². The van der Waals surface area contributed by atoms with Crippen LogP contribution in [0.1, 0.15) is 10.4 Å². The van der Waals surface area contributed by atoms with E-state index in [9.17, 15) is 9.90 Å². The average molecular weight is 282 g/mol. The van der Waals surface area contributed by atoms with Crippen LogP contribution in [0.5, 0.6) is 5.75 Å². The first kappa shape index (κ1) is 12.7. The number of amides is 1. The second-order valence-electron chi connectivity index (χ2n) is 3.63. The maximum absolute atomic E-state index is 11.9. The number of carbonyl (C=O) groups excluding carboxylic acids is 1. The van der Waals surface area contributed by atoms with Gasteiger partial charge >= 0.3 is 0 Å². The van der Waals surface area contributed by atoms with Crippen LogP contribution in [0, 0.1) is 0 Å². The molecule has 0 aliphatic carbocycles. The predicted octanol–water partition coefficient (Wildman–Crippen LogP) is 3.95. The van der Waals surface area contributed by atoms with Crippen molar-refractivity contribution in [2.45, 2.75) is 0 Å². The topological polar surface area (TPSA) is 49.3 Å². The van der Waals surface area contributed by atoms with Gasteiger partial charge in [0.2, 0.25) is 0 Å². The molecule has 0 heterocycles. The molecule has 0 unspecified atom stereocenters. The zero-order chi connectivity index (χ0) is 13.1. The van der Waals surface area contributed by atoms with Crippen molar-refractivity contribution >= 4 is 34.8 Å². The molecule has 2 N–H and O–H groups in total. The Morgan fingerprint density at radius 3 is 2.33 bits per heavy atom. The molecule has 0 saturated heterocycles. The molecule has 2 aromatic carbocycles. The summed E-state index contributed by atoms with van der Waals surface area (Å²) >= 11 is 11.6. The number of anilines is 1. The van der Waals surface area contributed by atoms with E-state index in [1.807, 2.05) is 0 Å². The summed E-state index contributed by atoms with van der Waals surface area (Å²) in [6.45, 7) is 0. The third kappa shape index (κ3) is 2.94. The first-order valence-corrected chi connectivity index (χ1v) is 5.87. The number of benzene rings is 2. The molecule has 0 aliphatic rings. The van der Waals surface area contributed by atoms with Gasteiger partial charge in [0, 0.05) is 16.7 Å². The highest BCUT2D eigenvalue weighted by molar-refractivity contribution is 6.34. The SMILES string of the molecule is O=C(Nc1ccc(O)cc1Cl)c1ccc(Cl)cc1. The Bertz CT molecular complexity index is 582. The van der Waals surface area contributed by atoms with Crippen LogP contribution in [0.15, 0.2) is 42.5 Å². The van der Waals surface area contributed by atoms with E-state index in [4.69, 9.17) is 23.2 Å². The Labute approximate surface area is 114 Å². The Balaban J connectivity index is 2.18. The van der Waals surface area contributed by atoms with E-state index in [1.54, 1.807) is 24.3 Å². The highest BCUT2D eigenvalue weighted by Crippen LogP contribution is 2.26. The standard InChI is InChI=1S/C13H9Cl2NO2/c14-9-3-1-8(2-4-9)13(18)16-12-6-5-10(17)7-11(12)15/h1-7,17H,(H,16,18). The molecule has 0 radical (unpaired) electrons. The average Bonchev–Trinajstić information content (AvgIpc) is 2.33. The number of halogens is 2. The highest BCUT2D eigenvalue weighted by Gasteiger charge is 2.08. The summed E-state index contributed by atoms with van der Waals surface area (Å²) < 4.78 is 0. The second-order valence-corrected chi connectivity index (χ2v) is 4.47. The van der Waals surface area contributed by atoms with Crippen molar-refractivity contribution in [3.63, 3.8) is 0 Å². The number of aromatic hydroxyl groups is 1. The van der Waals surface area contributed by atoms with Crippen LogP contribution in [0.4, 0.5) is 5.69 Å². The lowest BCUT2D eigenvalue weighted by Gasteiger charge is -2.07. The Morgan fingerprint density at radius 2 is 1.72 bits per heavy atom. The second kappa shape index (κ2) is 5.29. The van der Waals surface area contributed by atoms with Crippen molar-refractivity contribution in [2.75, 3.05) is 5.32 Å². The van der Waals surface area contributed by atoms with Crippen LogP contribution in [0.25, 0.3) is 0 Å².